The summed E-state index contributed by atoms with van der Waals surface area (Å²) in [7, 11) is 1.33. The maximum atomic E-state index is 15.4. The molecule has 6 rings (SSSR count). The van der Waals surface area contributed by atoms with Crippen molar-refractivity contribution in [1.29, 1.82) is 0 Å². The van der Waals surface area contributed by atoms with Gasteiger partial charge in [-0.15, -0.1) is 0 Å². The second kappa shape index (κ2) is 12.0. The van der Waals surface area contributed by atoms with E-state index in [0.29, 0.717) is 53.3 Å². The minimum Gasteiger partial charge on any atom is -0.473 e. The van der Waals surface area contributed by atoms with Gasteiger partial charge in [0, 0.05) is 36.4 Å². The number of halogens is 4. The number of carbonyl (C=O) groups excluding carboxylic acids is 1. The van der Waals surface area contributed by atoms with E-state index in [1.165, 1.54) is 19.2 Å². The standard InChI is InChI=1S/C32H26F4N4O4/c1-42-31(41)21-7-9-26-27(15-21)40(17-22-11-12-43-22)29(38-26)14-19-5-8-23(24(33)13-19)25-3-2-4-30(39-25)44-18-20-6-10-28(37-16-20)32(34,35)36/h2-10,13,15-16,22H,11-12,14,17-18H2,1H3/t22-/m0/s1. The maximum Gasteiger partial charge on any atom is 0.433 e. The molecule has 0 N–H and O–H groups in total. The first kappa shape index (κ1) is 29.2. The minimum atomic E-state index is -4.52. The first-order valence-corrected chi connectivity index (χ1v) is 13.8. The normalized spacial score (nSPS) is 14.8. The number of imidazole rings is 1. The van der Waals surface area contributed by atoms with Crippen molar-refractivity contribution in [2.24, 2.45) is 0 Å². The smallest absolute Gasteiger partial charge is 0.433 e. The molecule has 0 aliphatic carbocycles. The molecule has 3 aromatic heterocycles. The van der Waals surface area contributed by atoms with Gasteiger partial charge in [0.15, 0.2) is 0 Å². The average Bonchev–Trinajstić information content (AvgIpc) is 3.33. The second-order valence-electron chi connectivity index (χ2n) is 10.3. The number of hydrogen-bond acceptors (Lipinski definition) is 7. The third kappa shape index (κ3) is 6.25. The molecule has 0 unspecified atom stereocenters. The Hall–Kier alpha value is -4.84. The predicted octanol–water partition coefficient (Wildman–Crippen LogP) is 6.40. The Balaban J connectivity index is 1.20. The molecule has 4 heterocycles. The SMILES string of the molecule is COC(=O)c1ccc2nc(Cc3ccc(-c4cccc(OCc5ccc(C(F)(F)F)nc5)n4)c(F)c3)n(C[C@@H]3CCO3)c2c1. The monoisotopic (exact) mass is 606 g/mol. The fraction of sp³-hybridized carbons (Fsp3) is 0.250. The zero-order valence-electron chi connectivity index (χ0n) is 23.5. The van der Waals surface area contributed by atoms with Gasteiger partial charge in [0.2, 0.25) is 5.88 Å². The van der Waals surface area contributed by atoms with Crippen LogP contribution in [0.15, 0.2) is 72.9 Å². The molecule has 0 bridgehead atoms. The highest BCUT2D eigenvalue weighted by Gasteiger charge is 2.32. The van der Waals surface area contributed by atoms with Crippen LogP contribution in [0, 0.1) is 5.82 Å². The average molecular weight is 607 g/mol. The van der Waals surface area contributed by atoms with Crippen molar-refractivity contribution in [3.8, 4) is 17.1 Å². The molecule has 2 aromatic carbocycles. The summed E-state index contributed by atoms with van der Waals surface area (Å²) in [6, 6.07) is 17.1. The van der Waals surface area contributed by atoms with E-state index in [0.717, 1.165) is 24.2 Å². The second-order valence-corrected chi connectivity index (χ2v) is 10.3. The zero-order chi connectivity index (χ0) is 30.8. The van der Waals surface area contributed by atoms with E-state index >= 15 is 4.39 Å². The Bertz CT molecular complexity index is 1820. The van der Waals surface area contributed by atoms with E-state index in [4.69, 9.17) is 19.2 Å². The molecule has 12 heteroatoms. The zero-order valence-corrected chi connectivity index (χ0v) is 23.5. The van der Waals surface area contributed by atoms with Crippen LogP contribution in [0.1, 0.15) is 39.4 Å². The van der Waals surface area contributed by atoms with Crippen molar-refractivity contribution >= 4 is 17.0 Å². The molecule has 0 radical (unpaired) electrons. The molecule has 1 atom stereocenters. The molecule has 1 aliphatic heterocycles. The summed E-state index contributed by atoms with van der Waals surface area (Å²) in [5, 5.41) is 0. The lowest BCUT2D eigenvalue weighted by Crippen LogP contribution is -2.31. The van der Waals surface area contributed by atoms with Crippen molar-refractivity contribution in [3.63, 3.8) is 0 Å². The van der Waals surface area contributed by atoms with E-state index < -0.39 is 23.7 Å². The topological polar surface area (TPSA) is 88.4 Å². The number of hydrogen-bond donors (Lipinski definition) is 0. The van der Waals surface area contributed by atoms with Crippen LogP contribution in [0.25, 0.3) is 22.3 Å². The Morgan fingerprint density at radius 2 is 1.86 bits per heavy atom. The predicted molar refractivity (Wildman–Crippen MR) is 151 cm³/mol. The molecule has 5 aromatic rings. The fourth-order valence-electron chi connectivity index (χ4n) is 4.93. The number of nitrogens with zero attached hydrogens (tertiary/aromatic N) is 4. The summed E-state index contributed by atoms with van der Waals surface area (Å²) in [5.41, 5.74) is 2.60. The van der Waals surface area contributed by atoms with Gasteiger partial charge in [-0.3, -0.25) is 4.98 Å². The van der Waals surface area contributed by atoms with Crippen LogP contribution in [0.5, 0.6) is 5.88 Å². The molecule has 226 valence electrons. The van der Waals surface area contributed by atoms with Crippen LogP contribution >= 0.6 is 0 Å². The van der Waals surface area contributed by atoms with Crippen molar-refractivity contribution in [1.82, 2.24) is 19.5 Å². The van der Waals surface area contributed by atoms with Crippen LogP contribution in [-0.2, 0) is 35.2 Å². The lowest BCUT2D eigenvalue weighted by Gasteiger charge is -2.27. The number of pyridine rings is 2. The van der Waals surface area contributed by atoms with Crippen LogP contribution in [0.4, 0.5) is 17.6 Å². The summed E-state index contributed by atoms with van der Waals surface area (Å²) < 4.78 is 71.9. The van der Waals surface area contributed by atoms with Crippen LogP contribution in [0.3, 0.4) is 0 Å². The number of fused-ring (bicyclic) bond motifs is 1. The van der Waals surface area contributed by atoms with E-state index in [-0.39, 0.29) is 24.2 Å². The van der Waals surface area contributed by atoms with Crippen LogP contribution in [-0.4, -0.2) is 45.3 Å². The maximum absolute atomic E-state index is 15.4. The van der Waals surface area contributed by atoms with Gasteiger partial charge in [0.05, 0.1) is 42.0 Å². The number of esters is 1. The summed E-state index contributed by atoms with van der Waals surface area (Å²) in [4.78, 5) is 24.7. The van der Waals surface area contributed by atoms with Gasteiger partial charge in [-0.05, 0) is 54.4 Å². The highest BCUT2D eigenvalue weighted by molar-refractivity contribution is 5.93. The van der Waals surface area contributed by atoms with Crippen LogP contribution in [0.2, 0.25) is 0 Å². The van der Waals surface area contributed by atoms with E-state index in [2.05, 4.69) is 9.97 Å². The lowest BCUT2D eigenvalue weighted by atomic mass is 10.1. The molecular formula is C32H26F4N4O4. The first-order valence-electron chi connectivity index (χ1n) is 13.8. The van der Waals surface area contributed by atoms with Gasteiger partial charge in [0.1, 0.15) is 23.9 Å². The third-order valence-electron chi connectivity index (χ3n) is 7.33. The summed E-state index contributed by atoms with van der Waals surface area (Å²) in [5.74, 6) is -0.0458. The summed E-state index contributed by atoms with van der Waals surface area (Å²) >= 11 is 0. The Morgan fingerprint density at radius 3 is 2.55 bits per heavy atom. The Morgan fingerprint density at radius 1 is 1.05 bits per heavy atom. The van der Waals surface area contributed by atoms with Gasteiger partial charge in [0.25, 0.3) is 0 Å². The number of methoxy groups -OCH3 is 1. The lowest BCUT2D eigenvalue weighted by molar-refractivity contribution is -0.141. The van der Waals surface area contributed by atoms with Gasteiger partial charge in [-0.2, -0.15) is 13.2 Å². The van der Waals surface area contributed by atoms with Crippen molar-refractivity contribution in [2.75, 3.05) is 13.7 Å². The molecule has 1 aliphatic rings. The molecule has 1 fully saturated rings. The van der Waals surface area contributed by atoms with Crippen LogP contribution < -0.4 is 4.74 Å². The molecule has 0 amide bonds. The van der Waals surface area contributed by atoms with Gasteiger partial charge in [-0.1, -0.05) is 18.2 Å². The number of rotatable bonds is 9. The quantitative estimate of drug-likeness (QED) is 0.142. The van der Waals surface area contributed by atoms with E-state index in [9.17, 15) is 18.0 Å². The Kier molecular flexibility index (Phi) is 8.00. The highest BCUT2D eigenvalue weighted by Crippen LogP contribution is 2.29. The summed E-state index contributed by atoms with van der Waals surface area (Å²) in [6.45, 7) is 1.19. The van der Waals surface area contributed by atoms with E-state index in [1.807, 2.05) is 4.57 Å². The number of aromatic nitrogens is 4. The van der Waals surface area contributed by atoms with Gasteiger partial charge < -0.3 is 18.8 Å². The molecular weight excluding hydrogens is 580 g/mol. The van der Waals surface area contributed by atoms with E-state index in [1.54, 1.807) is 48.5 Å². The molecule has 44 heavy (non-hydrogen) atoms. The largest absolute Gasteiger partial charge is 0.473 e. The van der Waals surface area contributed by atoms with Crippen molar-refractivity contribution in [3.05, 3.63) is 107 Å². The number of benzene rings is 2. The number of ether oxygens (including phenoxy) is 3. The third-order valence-corrected chi connectivity index (χ3v) is 7.33. The number of alkyl halides is 3. The minimum absolute atomic E-state index is 0.0307. The number of carbonyl (C=O) groups is 1. The molecule has 0 saturated carbocycles. The van der Waals surface area contributed by atoms with Crippen molar-refractivity contribution < 1.29 is 36.6 Å². The molecule has 0 spiro atoms. The summed E-state index contributed by atoms with van der Waals surface area (Å²) in [6.07, 6.45) is -2.15. The Labute approximate surface area is 249 Å². The van der Waals surface area contributed by atoms with Gasteiger partial charge >= 0.3 is 12.1 Å². The molecule has 8 nitrogen and oxygen atoms in total. The highest BCUT2D eigenvalue weighted by atomic mass is 19.4. The fourth-order valence-corrected chi connectivity index (χ4v) is 4.93. The molecule has 1 saturated heterocycles. The first-order chi connectivity index (χ1) is 21.2. The van der Waals surface area contributed by atoms with Gasteiger partial charge in [-0.25, -0.2) is 19.2 Å². The van der Waals surface area contributed by atoms with Crippen molar-refractivity contribution in [2.45, 2.75) is 38.3 Å².